The number of aryl methyl sites for hydroxylation is 1. The predicted molar refractivity (Wildman–Crippen MR) is 73.1 cm³/mol. The van der Waals surface area contributed by atoms with E-state index in [2.05, 4.69) is 17.2 Å². The number of aromatic nitrogens is 1. The van der Waals surface area contributed by atoms with Gasteiger partial charge in [0.25, 0.3) is 0 Å². The summed E-state index contributed by atoms with van der Waals surface area (Å²) in [4.78, 5) is 17.7. The summed E-state index contributed by atoms with van der Waals surface area (Å²) in [5.41, 5.74) is 5.05. The van der Waals surface area contributed by atoms with Crippen LogP contribution in [0.2, 0.25) is 0 Å². The number of thiazole rings is 1. The molecule has 1 aromatic heterocycles. The summed E-state index contributed by atoms with van der Waals surface area (Å²) in [5.74, 6) is 0.387. The second-order valence-corrected chi connectivity index (χ2v) is 6.36. The highest BCUT2D eigenvalue weighted by Crippen LogP contribution is 2.46. The zero-order valence-electron chi connectivity index (χ0n) is 9.82. The number of hydrogen-bond donors (Lipinski definition) is 2. The first-order chi connectivity index (χ1) is 7.94. The maximum absolute atomic E-state index is 12.2. The molecule has 0 unspecified atom stereocenters. The van der Waals surface area contributed by atoms with Gasteiger partial charge in [0.15, 0.2) is 5.13 Å². The van der Waals surface area contributed by atoms with E-state index in [4.69, 9.17) is 18.0 Å². The number of thiocarbonyl (C=S) groups is 1. The summed E-state index contributed by atoms with van der Waals surface area (Å²) in [6.45, 7) is 4.04. The summed E-state index contributed by atoms with van der Waals surface area (Å²) in [6.07, 6.45) is 3.20. The van der Waals surface area contributed by atoms with Gasteiger partial charge in [-0.15, -0.1) is 11.3 Å². The van der Waals surface area contributed by atoms with Crippen molar-refractivity contribution >= 4 is 39.6 Å². The number of nitrogens with two attached hydrogens (primary N) is 1. The number of carbonyl (C=O) groups is 1. The van der Waals surface area contributed by atoms with E-state index in [1.54, 1.807) is 6.20 Å². The standard InChI is InChI=1S/C11H15N3OS2/c1-6-3-11(4-6,8(12)16)9(15)14-10-13-5-7(2)17-10/h5-6H,3-4H2,1-2H3,(H2,12,16)(H,13,14,15). The van der Waals surface area contributed by atoms with Crippen molar-refractivity contribution in [1.29, 1.82) is 0 Å². The van der Waals surface area contributed by atoms with Crippen molar-refractivity contribution in [1.82, 2.24) is 4.98 Å². The van der Waals surface area contributed by atoms with Gasteiger partial charge >= 0.3 is 0 Å². The van der Waals surface area contributed by atoms with Crippen molar-refractivity contribution in [3.8, 4) is 0 Å². The number of amides is 1. The Labute approximate surface area is 110 Å². The van der Waals surface area contributed by atoms with Gasteiger partial charge in [0, 0.05) is 11.1 Å². The number of nitrogens with one attached hydrogen (secondary N) is 1. The zero-order chi connectivity index (χ0) is 12.6. The minimum Gasteiger partial charge on any atom is -0.392 e. The lowest BCUT2D eigenvalue weighted by Crippen LogP contribution is -2.53. The second-order valence-electron chi connectivity index (χ2n) is 4.69. The lowest BCUT2D eigenvalue weighted by Gasteiger charge is -2.43. The van der Waals surface area contributed by atoms with Crippen LogP contribution in [0.5, 0.6) is 0 Å². The Morgan fingerprint density at radius 1 is 1.71 bits per heavy atom. The smallest absolute Gasteiger partial charge is 0.239 e. The number of rotatable bonds is 3. The molecule has 1 heterocycles. The second kappa shape index (κ2) is 4.34. The molecule has 1 fully saturated rings. The Morgan fingerprint density at radius 2 is 2.35 bits per heavy atom. The van der Waals surface area contributed by atoms with Crippen LogP contribution in [0.25, 0.3) is 0 Å². The normalized spacial score (nSPS) is 27.3. The molecule has 0 aromatic carbocycles. The van der Waals surface area contributed by atoms with Gasteiger partial charge in [-0.3, -0.25) is 4.79 Å². The van der Waals surface area contributed by atoms with Crippen molar-refractivity contribution in [3.05, 3.63) is 11.1 Å². The molecule has 0 atom stereocenters. The van der Waals surface area contributed by atoms with Gasteiger partial charge in [0.2, 0.25) is 5.91 Å². The monoisotopic (exact) mass is 269 g/mol. The van der Waals surface area contributed by atoms with Gasteiger partial charge < -0.3 is 11.1 Å². The maximum Gasteiger partial charge on any atom is 0.239 e. The Morgan fingerprint density at radius 3 is 2.76 bits per heavy atom. The molecule has 0 spiro atoms. The molecule has 1 aromatic rings. The average Bonchev–Trinajstić information content (AvgIpc) is 2.58. The van der Waals surface area contributed by atoms with E-state index in [1.807, 2.05) is 6.92 Å². The molecular weight excluding hydrogens is 254 g/mol. The Bertz CT molecular complexity index is 463. The maximum atomic E-state index is 12.2. The van der Waals surface area contributed by atoms with Gasteiger partial charge in [-0.2, -0.15) is 0 Å². The van der Waals surface area contributed by atoms with E-state index in [9.17, 15) is 4.79 Å². The topological polar surface area (TPSA) is 68.0 Å². The SMILES string of the molecule is Cc1cnc(NC(=O)C2(C(N)=S)CC(C)C2)s1. The molecule has 92 valence electrons. The van der Waals surface area contributed by atoms with Gasteiger partial charge in [-0.05, 0) is 25.7 Å². The number of carbonyl (C=O) groups excluding carboxylic acids is 1. The summed E-state index contributed by atoms with van der Waals surface area (Å²) in [5, 5.41) is 3.42. The fraction of sp³-hybridized carbons (Fsp3) is 0.545. The van der Waals surface area contributed by atoms with E-state index in [0.717, 1.165) is 17.7 Å². The first-order valence-electron chi connectivity index (χ1n) is 5.48. The molecule has 1 aliphatic carbocycles. The van der Waals surface area contributed by atoms with Crippen LogP contribution in [0.15, 0.2) is 6.20 Å². The third-order valence-corrected chi connectivity index (χ3v) is 4.36. The molecule has 6 heteroatoms. The lowest BCUT2D eigenvalue weighted by atomic mass is 9.62. The minimum atomic E-state index is -0.658. The van der Waals surface area contributed by atoms with Crippen LogP contribution in [0.4, 0.5) is 5.13 Å². The Balaban J connectivity index is 2.11. The molecule has 1 aliphatic rings. The molecule has 0 radical (unpaired) electrons. The highest BCUT2D eigenvalue weighted by molar-refractivity contribution is 7.80. The molecular formula is C11H15N3OS2. The number of anilines is 1. The molecule has 0 saturated heterocycles. The van der Waals surface area contributed by atoms with Crippen LogP contribution >= 0.6 is 23.6 Å². The van der Waals surface area contributed by atoms with Crippen molar-refractivity contribution in [2.75, 3.05) is 5.32 Å². The van der Waals surface area contributed by atoms with Crippen LogP contribution < -0.4 is 11.1 Å². The Hall–Kier alpha value is -1.01. The summed E-state index contributed by atoms with van der Waals surface area (Å²) in [6, 6.07) is 0. The van der Waals surface area contributed by atoms with Crippen molar-refractivity contribution in [3.63, 3.8) is 0 Å². The molecule has 1 saturated carbocycles. The summed E-state index contributed by atoms with van der Waals surface area (Å²) in [7, 11) is 0. The van der Waals surface area contributed by atoms with Gasteiger partial charge in [-0.1, -0.05) is 19.1 Å². The number of nitrogens with zero attached hydrogens (tertiary/aromatic N) is 1. The highest BCUT2D eigenvalue weighted by Gasteiger charge is 2.51. The highest BCUT2D eigenvalue weighted by atomic mass is 32.1. The fourth-order valence-corrected chi connectivity index (χ4v) is 3.18. The first-order valence-corrected chi connectivity index (χ1v) is 6.70. The van der Waals surface area contributed by atoms with E-state index in [-0.39, 0.29) is 5.91 Å². The van der Waals surface area contributed by atoms with Crippen LogP contribution in [0.1, 0.15) is 24.6 Å². The average molecular weight is 269 g/mol. The summed E-state index contributed by atoms with van der Waals surface area (Å²) < 4.78 is 0. The minimum absolute atomic E-state index is 0.113. The number of hydrogen-bond acceptors (Lipinski definition) is 4. The third-order valence-electron chi connectivity index (χ3n) is 3.14. The molecule has 17 heavy (non-hydrogen) atoms. The Kier molecular flexibility index (Phi) is 3.18. The van der Waals surface area contributed by atoms with Gasteiger partial charge in [-0.25, -0.2) is 4.98 Å². The molecule has 0 aliphatic heterocycles. The lowest BCUT2D eigenvalue weighted by molar-refractivity contribution is -0.127. The van der Waals surface area contributed by atoms with E-state index in [0.29, 0.717) is 16.0 Å². The molecule has 0 bridgehead atoms. The van der Waals surface area contributed by atoms with E-state index < -0.39 is 5.41 Å². The van der Waals surface area contributed by atoms with E-state index in [1.165, 1.54) is 11.3 Å². The van der Waals surface area contributed by atoms with Crippen LogP contribution in [-0.2, 0) is 4.79 Å². The van der Waals surface area contributed by atoms with Crippen molar-refractivity contribution < 1.29 is 4.79 Å². The first kappa shape index (κ1) is 12.4. The summed E-state index contributed by atoms with van der Waals surface area (Å²) >= 11 is 6.48. The van der Waals surface area contributed by atoms with Gasteiger partial charge in [0.1, 0.15) is 0 Å². The van der Waals surface area contributed by atoms with Gasteiger partial charge in [0.05, 0.1) is 10.4 Å². The third kappa shape index (κ3) is 2.19. The van der Waals surface area contributed by atoms with E-state index >= 15 is 0 Å². The van der Waals surface area contributed by atoms with Crippen molar-refractivity contribution in [2.24, 2.45) is 17.1 Å². The molecule has 1 amide bonds. The van der Waals surface area contributed by atoms with Crippen LogP contribution in [0.3, 0.4) is 0 Å². The van der Waals surface area contributed by atoms with Crippen LogP contribution in [0, 0.1) is 18.3 Å². The molecule has 4 nitrogen and oxygen atoms in total. The molecule has 2 rings (SSSR count). The van der Waals surface area contributed by atoms with Crippen LogP contribution in [-0.4, -0.2) is 15.9 Å². The zero-order valence-corrected chi connectivity index (χ0v) is 11.5. The quantitative estimate of drug-likeness (QED) is 0.825. The van der Waals surface area contributed by atoms with Crippen molar-refractivity contribution in [2.45, 2.75) is 26.7 Å². The predicted octanol–water partition coefficient (Wildman–Crippen LogP) is 2.09. The fourth-order valence-electron chi connectivity index (χ4n) is 2.26. The molecule has 3 N–H and O–H groups in total. The largest absolute Gasteiger partial charge is 0.392 e.